The van der Waals surface area contributed by atoms with Crippen LogP contribution >= 0.6 is 0 Å². The molecule has 0 bridgehead atoms. The van der Waals surface area contributed by atoms with Crippen molar-refractivity contribution in [2.24, 2.45) is 7.05 Å². The van der Waals surface area contributed by atoms with Crippen LogP contribution in [-0.2, 0) is 7.05 Å². The average molecular weight is 164 g/mol. The van der Waals surface area contributed by atoms with E-state index in [9.17, 15) is 4.79 Å². The maximum atomic E-state index is 11.2. The Kier molecular flexibility index (Phi) is 1.24. The Labute approximate surface area is 68.0 Å². The number of hydrogen-bond donors (Lipinski definition) is 2. The van der Waals surface area contributed by atoms with Gasteiger partial charge in [0.25, 0.3) is 5.56 Å². The van der Waals surface area contributed by atoms with E-state index in [1.54, 1.807) is 23.9 Å². The predicted octanol–water partition coefficient (Wildman–Crippen LogP) is 0.572. The molecule has 0 radical (unpaired) electrons. The van der Waals surface area contributed by atoms with Gasteiger partial charge in [-0.3, -0.25) is 14.6 Å². The summed E-state index contributed by atoms with van der Waals surface area (Å²) in [5, 5.41) is 12.3. The number of aryl methyl sites for hydroxylation is 1. The van der Waals surface area contributed by atoms with Gasteiger partial charge in [0.05, 0.1) is 10.9 Å². The zero-order valence-corrected chi connectivity index (χ0v) is 6.53. The van der Waals surface area contributed by atoms with Gasteiger partial charge < -0.3 is 5.11 Å². The minimum absolute atomic E-state index is 0.132. The van der Waals surface area contributed by atoms with Crippen LogP contribution in [0.4, 0.5) is 0 Å². The number of H-pyrrole nitrogens is 1. The van der Waals surface area contributed by atoms with Gasteiger partial charge in [0.15, 0.2) is 0 Å². The van der Waals surface area contributed by atoms with E-state index in [1.807, 2.05) is 0 Å². The smallest absolute Gasteiger partial charge is 0.271 e. The summed E-state index contributed by atoms with van der Waals surface area (Å²) in [5.74, 6) is 0.164. The molecular weight excluding hydrogens is 156 g/mol. The molecule has 0 fully saturated rings. The highest BCUT2D eigenvalue weighted by Crippen LogP contribution is 2.15. The highest BCUT2D eigenvalue weighted by atomic mass is 16.3. The van der Waals surface area contributed by atoms with Gasteiger partial charge in [0, 0.05) is 13.1 Å². The van der Waals surface area contributed by atoms with E-state index in [0.717, 1.165) is 0 Å². The molecule has 1 aromatic carbocycles. The molecule has 0 saturated carbocycles. The molecule has 0 aliphatic carbocycles. The van der Waals surface area contributed by atoms with Crippen LogP contribution in [0.25, 0.3) is 10.9 Å². The Balaban J connectivity index is 3.00. The highest BCUT2D eigenvalue weighted by molar-refractivity contribution is 5.79. The van der Waals surface area contributed by atoms with E-state index in [0.29, 0.717) is 10.9 Å². The van der Waals surface area contributed by atoms with Gasteiger partial charge in [-0.15, -0.1) is 0 Å². The zero-order valence-electron chi connectivity index (χ0n) is 6.53. The molecule has 0 unspecified atom stereocenters. The standard InChI is InChI=1S/C8H8N2O2/c1-10-7-4-5(11)2-3-6(7)8(12)9-10/h2-4,11H,1H3,(H,9,12). The van der Waals surface area contributed by atoms with Gasteiger partial charge in [-0.1, -0.05) is 0 Å². The van der Waals surface area contributed by atoms with Crippen LogP contribution in [-0.4, -0.2) is 14.9 Å². The third-order valence-corrected chi connectivity index (χ3v) is 1.86. The van der Waals surface area contributed by atoms with Crippen molar-refractivity contribution in [3.05, 3.63) is 28.6 Å². The fourth-order valence-corrected chi connectivity index (χ4v) is 1.26. The Bertz CT molecular complexity index is 481. The largest absolute Gasteiger partial charge is 0.508 e. The molecule has 4 heteroatoms. The number of aromatic nitrogens is 2. The summed E-state index contributed by atoms with van der Waals surface area (Å²) in [4.78, 5) is 11.2. The molecule has 1 heterocycles. The lowest BCUT2D eigenvalue weighted by molar-refractivity contribution is 0.476. The van der Waals surface area contributed by atoms with Gasteiger partial charge in [-0.05, 0) is 12.1 Å². The molecule has 2 N–H and O–H groups in total. The highest BCUT2D eigenvalue weighted by Gasteiger charge is 2.02. The first-order chi connectivity index (χ1) is 5.68. The van der Waals surface area contributed by atoms with Crippen molar-refractivity contribution >= 4 is 10.9 Å². The fourth-order valence-electron chi connectivity index (χ4n) is 1.26. The van der Waals surface area contributed by atoms with E-state index in [4.69, 9.17) is 5.11 Å². The van der Waals surface area contributed by atoms with E-state index in [1.165, 1.54) is 6.07 Å². The average Bonchev–Trinajstić information content (AvgIpc) is 2.28. The SMILES string of the molecule is Cn1[nH]c(=O)c2ccc(O)cc21. The zero-order chi connectivity index (χ0) is 8.72. The van der Waals surface area contributed by atoms with Crippen molar-refractivity contribution in [3.63, 3.8) is 0 Å². The molecule has 0 saturated heterocycles. The molecule has 2 aromatic rings. The minimum atomic E-state index is -0.132. The second-order valence-corrected chi connectivity index (χ2v) is 2.70. The quantitative estimate of drug-likeness (QED) is 0.598. The summed E-state index contributed by atoms with van der Waals surface area (Å²) in [5.41, 5.74) is 0.576. The molecule has 62 valence electrons. The van der Waals surface area contributed by atoms with Crippen LogP contribution in [0.3, 0.4) is 0 Å². The summed E-state index contributed by atoms with van der Waals surface area (Å²) < 4.78 is 1.58. The lowest BCUT2D eigenvalue weighted by Gasteiger charge is -1.94. The Morgan fingerprint density at radius 1 is 1.50 bits per heavy atom. The minimum Gasteiger partial charge on any atom is -0.508 e. The van der Waals surface area contributed by atoms with Crippen LogP contribution in [0.1, 0.15) is 0 Å². The van der Waals surface area contributed by atoms with Gasteiger partial charge in [0.2, 0.25) is 0 Å². The Hall–Kier alpha value is -1.71. The summed E-state index contributed by atoms with van der Waals surface area (Å²) in [6.07, 6.45) is 0. The molecule has 0 aliphatic heterocycles. The van der Waals surface area contributed by atoms with Crippen LogP contribution in [0, 0.1) is 0 Å². The van der Waals surface area contributed by atoms with E-state index < -0.39 is 0 Å². The first-order valence-electron chi connectivity index (χ1n) is 3.56. The summed E-state index contributed by atoms with van der Waals surface area (Å²) in [7, 11) is 1.73. The van der Waals surface area contributed by atoms with Gasteiger partial charge in [-0.2, -0.15) is 0 Å². The van der Waals surface area contributed by atoms with Gasteiger partial charge in [0.1, 0.15) is 5.75 Å². The fraction of sp³-hybridized carbons (Fsp3) is 0.125. The number of nitrogens with one attached hydrogen (secondary N) is 1. The topological polar surface area (TPSA) is 58.0 Å². The number of rotatable bonds is 0. The number of aromatic hydroxyl groups is 1. The molecule has 2 rings (SSSR count). The number of phenols is 1. The Morgan fingerprint density at radius 2 is 2.25 bits per heavy atom. The number of hydrogen-bond acceptors (Lipinski definition) is 2. The summed E-state index contributed by atoms with van der Waals surface area (Å²) >= 11 is 0. The van der Waals surface area contributed by atoms with Crippen LogP contribution < -0.4 is 5.56 Å². The van der Waals surface area contributed by atoms with Crippen LogP contribution in [0.5, 0.6) is 5.75 Å². The van der Waals surface area contributed by atoms with Crippen molar-refractivity contribution < 1.29 is 5.11 Å². The van der Waals surface area contributed by atoms with Gasteiger partial charge in [-0.25, -0.2) is 0 Å². The molecule has 0 atom stereocenters. The normalized spacial score (nSPS) is 10.8. The summed E-state index contributed by atoms with van der Waals surface area (Å²) in [6.45, 7) is 0. The first kappa shape index (κ1) is 6.97. The molecule has 0 amide bonds. The maximum absolute atomic E-state index is 11.2. The monoisotopic (exact) mass is 164 g/mol. The molecule has 12 heavy (non-hydrogen) atoms. The number of phenolic OH excluding ortho intramolecular Hbond substituents is 1. The lowest BCUT2D eigenvalue weighted by Crippen LogP contribution is -2.01. The third-order valence-electron chi connectivity index (χ3n) is 1.86. The Morgan fingerprint density at radius 3 is 3.00 bits per heavy atom. The maximum Gasteiger partial charge on any atom is 0.271 e. The number of fused-ring (bicyclic) bond motifs is 1. The second kappa shape index (κ2) is 2.14. The number of aromatic amines is 1. The molecule has 0 aliphatic rings. The second-order valence-electron chi connectivity index (χ2n) is 2.70. The third kappa shape index (κ3) is 0.812. The van der Waals surface area contributed by atoms with Crippen molar-refractivity contribution in [2.45, 2.75) is 0 Å². The van der Waals surface area contributed by atoms with E-state index in [2.05, 4.69) is 5.10 Å². The lowest BCUT2D eigenvalue weighted by atomic mass is 10.2. The van der Waals surface area contributed by atoms with Crippen molar-refractivity contribution in [2.75, 3.05) is 0 Å². The van der Waals surface area contributed by atoms with Crippen LogP contribution in [0.2, 0.25) is 0 Å². The molecule has 0 spiro atoms. The van der Waals surface area contributed by atoms with E-state index >= 15 is 0 Å². The van der Waals surface area contributed by atoms with Crippen molar-refractivity contribution in [1.82, 2.24) is 9.78 Å². The number of benzene rings is 1. The first-order valence-corrected chi connectivity index (χ1v) is 3.56. The van der Waals surface area contributed by atoms with Crippen LogP contribution in [0.15, 0.2) is 23.0 Å². The van der Waals surface area contributed by atoms with Gasteiger partial charge >= 0.3 is 0 Å². The van der Waals surface area contributed by atoms with Crippen molar-refractivity contribution in [3.8, 4) is 5.75 Å². The molecule has 4 nitrogen and oxygen atoms in total. The molecule has 1 aromatic heterocycles. The predicted molar refractivity (Wildman–Crippen MR) is 45.2 cm³/mol. The van der Waals surface area contributed by atoms with Crippen molar-refractivity contribution in [1.29, 1.82) is 0 Å². The summed E-state index contributed by atoms with van der Waals surface area (Å²) in [6, 6.07) is 4.65. The molecular formula is C8H8N2O2. The number of nitrogens with zero attached hydrogens (tertiary/aromatic N) is 1. The van der Waals surface area contributed by atoms with E-state index in [-0.39, 0.29) is 11.3 Å².